The third-order valence-electron chi connectivity index (χ3n) is 5.27. The summed E-state index contributed by atoms with van der Waals surface area (Å²) in [6.07, 6.45) is 3.32. The van der Waals surface area contributed by atoms with Crippen molar-refractivity contribution < 1.29 is 14.7 Å². The van der Waals surface area contributed by atoms with E-state index in [9.17, 15) is 14.7 Å². The Balaban J connectivity index is 2.11. The monoisotopic (exact) mass is 296 g/mol. The standard InChI is InChI=1S/C16H28N2O3/c1-15(2,3)12-7-10-17(11-12)14(21)18-9-6-5-8-16(18,4)13(19)20/h12H,5-11H2,1-4H3,(H,19,20). The maximum absolute atomic E-state index is 12.8. The summed E-state index contributed by atoms with van der Waals surface area (Å²) < 4.78 is 0. The Morgan fingerprint density at radius 3 is 2.38 bits per heavy atom. The lowest BCUT2D eigenvalue weighted by Crippen LogP contribution is -2.60. The quantitative estimate of drug-likeness (QED) is 0.809. The maximum Gasteiger partial charge on any atom is 0.329 e. The molecule has 0 radical (unpaired) electrons. The molecule has 2 amide bonds. The molecule has 2 fully saturated rings. The largest absolute Gasteiger partial charge is 0.480 e. The molecule has 2 aliphatic heterocycles. The lowest BCUT2D eigenvalue weighted by atomic mass is 9.80. The molecule has 2 heterocycles. The molecule has 5 heteroatoms. The fourth-order valence-electron chi connectivity index (χ4n) is 3.46. The fourth-order valence-corrected chi connectivity index (χ4v) is 3.46. The number of urea groups is 1. The zero-order valence-electron chi connectivity index (χ0n) is 13.7. The molecule has 0 aromatic carbocycles. The topological polar surface area (TPSA) is 60.9 Å². The summed E-state index contributed by atoms with van der Waals surface area (Å²) >= 11 is 0. The Bertz CT molecular complexity index is 430. The van der Waals surface area contributed by atoms with Crippen molar-refractivity contribution in [1.82, 2.24) is 9.80 Å². The van der Waals surface area contributed by atoms with Crippen molar-refractivity contribution in [1.29, 1.82) is 0 Å². The molecule has 0 aromatic rings. The first kappa shape index (κ1) is 16.1. The molecule has 2 saturated heterocycles. The Morgan fingerprint density at radius 2 is 1.86 bits per heavy atom. The number of aliphatic carboxylic acids is 1. The Hall–Kier alpha value is -1.26. The molecule has 0 bridgehead atoms. The van der Waals surface area contributed by atoms with E-state index in [0.29, 0.717) is 18.9 Å². The van der Waals surface area contributed by atoms with Gasteiger partial charge in [-0.25, -0.2) is 9.59 Å². The van der Waals surface area contributed by atoms with E-state index >= 15 is 0 Å². The van der Waals surface area contributed by atoms with Crippen molar-refractivity contribution in [2.45, 2.75) is 58.9 Å². The highest BCUT2D eigenvalue weighted by Gasteiger charge is 2.46. The minimum atomic E-state index is -1.05. The van der Waals surface area contributed by atoms with Gasteiger partial charge in [0.2, 0.25) is 0 Å². The van der Waals surface area contributed by atoms with Crippen LogP contribution in [0.25, 0.3) is 0 Å². The summed E-state index contributed by atoms with van der Waals surface area (Å²) in [6, 6.07) is -0.0913. The van der Waals surface area contributed by atoms with Crippen molar-refractivity contribution in [3.05, 3.63) is 0 Å². The van der Waals surface area contributed by atoms with E-state index in [0.717, 1.165) is 32.4 Å². The van der Waals surface area contributed by atoms with Crippen LogP contribution >= 0.6 is 0 Å². The van der Waals surface area contributed by atoms with Gasteiger partial charge in [0.1, 0.15) is 5.54 Å². The average Bonchev–Trinajstić information content (AvgIpc) is 2.87. The number of nitrogens with zero attached hydrogens (tertiary/aromatic N) is 2. The van der Waals surface area contributed by atoms with Crippen LogP contribution in [-0.4, -0.2) is 52.1 Å². The lowest BCUT2D eigenvalue weighted by molar-refractivity contribution is -0.150. The number of rotatable bonds is 1. The van der Waals surface area contributed by atoms with Crippen LogP contribution in [0.15, 0.2) is 0 Å². The predicted molar refractivity (Wildman–Crippen MR) is 81.1 cm³/mol. The second-order valence-corrected chi connectivity index (χ2v) is 7.77. The fraction of sp³-hybridized carbons (Fsp3) is 0.875. The van der Waals surface area contributed by atoms with Crippen molar-refractivity contribution in [3.63, 3.8) is 0 Å². The van der Waals surface area contributed by atoms with Gasteiger partial charge in [0.15, 0.2) is 0 Å². The zero-order valence-corrected chi connectivity index (χ0v) is 13.7. The van der Waals surface area contributed by atoms with Gasteiger partial charge in [0.25, 0.3) is 0 Å². The molecule has 21 heavy (non-hydrogen) atoms. The van der Waals surface area contributed by atoms with Crippen LogP contribution in [0, 0.1) is 11.3 Å². The van der Waals surface area contributed by atoms with E-state index in [-0.39, 0.29) is 11.4 Å². The number of carboxylic acids is 1. The molecule has 2 unspecified atom stereocenters. The molecule has 0 aliphatic carbocycles. The molecule has 2 atom stereocenters. The van der Waals surface area contributed by atoms with Gasteiger partial charge in [-0.15, -0.1) is 0 Å². The van der Waals surface area contributed by atoms with E-state index in [1.54, 1.807) is 11.8 Å². The summed E-state index contributed by atoms with van der Waals surface area (Å²) in [5.41, 5.74) is -0.859. The molecule has 5 nitrogen and oxygen atoms in total. The van der Waals surface area contributed by atoms with Gasteiger partial charge < -0.3 is 14.9 Å². The number of carboxylic acid groups (broad SMARTS) is 1. The minimum absolute atomic E-state index is 0.0913. The maximum atomic E-state index is 12.8. The molecule has 0 saturated carbocycles. The van der Waals surface area contributed by atoms with Crippen molar-refractivity contribution in [2.75, 3.05) is 19.6 Å². The summed E-state index contributed by atoms with van der Waals surface area (Å²) in [5.74, 6) is -0.399. The third kappa shape index (κ3) is 3.01. The first-order valence-electron chi connectivity index (χ1n) is 7.96. The molecule has 120 valence electrons. The van der Waals surface area contributed by atoms with E-state index in [1.807, 2.05) is 4.90 Å². The highest BCUT2D eigenvalue weighted by atomic mass is 16.4. The number of likely N-dealkylation sites (tertiary alicyclic amines) is 2. The van der Waals surface area contributed by atoms with Crippen molar-refractivity contribution in [3.8, 4) is 0 Å². The number of hydrogen-bond acceptors (Lipinski definition) is 2. The Labute approximate surface area is 127 Å². The van der Waals surface area contributed by atoms with Crippen LogP contribution in [0.1, 0.15) is 53.4 Å². The third-order valence-corrected chi connectivity index (χ3v) is 5.27. The molecule has 2 aliphatic rings. The van der Waals surface area contributed by atoms with Crippen LogP contribution in [-0.2, 0) is 4.79 Å². The summed E-state index contributed by atoms with van der Waals surface area (Å²) in [5, 5.41) is 9.53. The van der Waals surface area contributed by atoms with Gasteiger partial charge >= 0.3 is 12.0 Å². The number of carbonyl (C=O) groups is 2. The second kappa shape index (κ2) is 5.50. The minimum Gasteiger partial charge on any atom is -0.480 e. The van der Waals surface area contributed by atoms with E-state index in [1.165, 1.54) is 0 Å². The lowest BCUT2D eigenvalue weighted by Gasteiger charge is -2.43. The predicted octanol–water partition coefficient (Wildman–Crippen LogP) is 2.80. The molecule has 1 N–H and O–H groups in total. The summed E-state index contributed by atoms with van der Waals surface area (Å²) in [4.78, 5) is 27.8. The number of hydrogen-bond donors (Lipinski definition) is 1. The van der Waals surface area contributed by atoms with E-state index in [2.05, 4.69) is 20.8 Å². The first-order chi connectivity index (χ1) is 9.66. The normalized spacial score (nSPS) is 30.6. The van der Waals surface area contributed by atoms with Crippen LogP contribution in [0.2, 0.25) is 0 Å². The summed E-state index contributed by atoms with van der Waals surface area (Å²) in [6.45, 7) is 10.3. The number of piperidine rings is 1. The van der Waals surface area contributed by atoms with Gasteiger partial charge in [-0.3, -0.25) is 0 Å². The van der Waals surface area contributed by atoms with Crippen LogP contribution in [0.5, 0.6) is 0 Å². The molecule has 0 spiro atoms. The van der Waals surface area contributed by atoms with Gasteiger partial charge in [-0.05, 0) is 43.9 Å². The van der Waals surface area contributed by atoms with Crippen LogP contribution in [0.3, 0.4) is 0 Å². The first-order valence-corrected chi connectivity index (χ1v) is 7.96. The molecular formula is C16H28N2O3. The zero-order chi connectivity index (χ0) is 15.8. The highest BCUT2D eigenvalue weighted by molar-refractivity contribution is 5.86. The van der Waals surface area contributed by atoms with Gasteiger partial charge in [-0.2, -0.15) is 0 Å². The average molecular weight is 296 g/mol. The molecule has 2 rings (SSSR count). The highest BCUT2D eigenvalue weighted by Crippen LogP contribution is 2.35. The Morgan fingerprint density at radius 1 is 1.19 bits per heavy atom. The second-order valence-electron chi connectivity index (χ2n) is 7.77. The number of carbonyl (C=O) groups excluding carboxylic acids is 1. The van der Waals surface area contributed by atoms with E-state index in [4.69, 9.17) is 0 Å². The summed E-state index contributed by atoms with van der Waals surface area (Å²) in [7, 11) is 0. The van der Waals surface area contributed by atoms with Crippen LogP contribution in [0.4, 0.5) is 4.79 Å². The van der Waals surface area contributed by atoms with Gasteiger partial charge in [0.05, 0.1) is 0 Å². The van der Waals surface area contributed by atoms with Crippen molar-refractivity contribution >= 4 is 12.0 Å². The van der Waals surface area contributed by atoms with Crippen molar-refractivity contribution in [2.24, 2.45) is 11.3 Å². The molecular weight excluding hydrogens is 268 g/mol. The Kier molecular flexibility index (Phi) is 4.22. The van der Waals surface area contributed by atoms with E-state index < -0.39 is 11.5 Å². The SMILES string of the molecule is CC(C)(C)C1CCN(C(=O)N2CCCCC2(C)C(=O)O)C1. The van der Waals surface area contributed by atoms with Gasteiger partial charge in [-0.1, -0.05) is 20.8 Å². The van der Waals surface area contributed by atoms with Crippen LogP contribution < -0.4 is 0 Å². The molecule has 0 aromatic heterocycles. The van der Waals surface area contributed by atoms with Gasteiger partial charge in [0, 0.05) is 19.6 Å². The smallest absolute Gasteiger partial charge is 0.329 e. The number of amides is 2.